The molecule has 0 radical (unpaired) electrons. The van der Waals surface area contributed by atoms with E-state index in [9.17, 15) is 4.79 Å². The molecule has 2 atom stereocenters. The summed E-state index contributed by atoms with van der Waals surface area (Å²) in [6, 6.07) is 0. The van der Waals surface area contributed by atoms with Gasteiger partial charge >= 0.3 is 5.97 Å². The lowest BCUT2D eigenvalue weighted by Crippen LogP contribution is -2.54. The molecule has 0 amide bonds. The van der Waals surface area contributed by atoms with Gasteiger partial charge in [0.1, 0.15) is 5.54 Å². The van der Waals surface area contributed by atoms with Crippen LogP contribution in [-0.2, 0) is 16.1 Å². The number of nitrogens with zero attached hydrogens (tertiary/aromatic N) is 2. The van der Waals surface area contributed by atoms with E-state index in [-0.39, 0.29) is 11.9 Å². The van der Waals surface area contributed by atoms with Gasteiger partial charge in [0.2, 0.25) is 0 Å². The summed E-state index contributed by atoms with van der Waals surface area (Å²) in [5, 5.41) is 8.24. The van der Waals surface area contributed by atoms with Crippen molar-refractivity contribution in [3.63, 3.8) is 0 Å². The molecule has 5 nitrogen and oxygen atoms in total. The normalized spacial score (nSPS) is 25.9. The topological polar surface area (TPSA) is 56.1 Å². The van der Waals surface area contributed by atoms with Crippen LogP contribution in [0.2, 0.25) is 5.02 Å². The van der Waals surface area contributed by atoms with Crippen molar-refractivity contribution in [1.29, 1.82) is 0 Å². The molecule has 1 fully saturated rings. The van der Waals surface area contributed by atoms with Crippen molar-refractivity contribution < 1.29 is 9.53 Å². The fraction of sp³-hybridized carbons (Fsp3) is 0.714. The lowest BCUT2D eigenvalue weighted by atomic mass is 9.84. The molecule has 0 spiro atoms. The molecule has 20 heavy (non-hydrogen) atoms. The van der Waals surface area contributed by atoms with Crippen LogP contribution in [0.5, 0.6) is 0 Å². The van der Waals surface area contributed by atoms with E-state index in [0.717, 1.165) is 37.9 Å². The molecular weight excluding hydrogens is 278 g/mol. The Labute approximate surface area is 124 Å². The number of hydrogen-bond acceptors (Lipinski definition) is 4. The van der Waals surface area contributed by atoms with E-state index >= 15 is 0 Å². The highest BCUT2D eigenvalue weighted by molar-refractivity contribution is 6.31. The van der Waals surface area contributed by atoms with Crippen LogP contribution in [0.3, 0.4) is 0 Å². The third kappa shape index (κ3) is 2.69. The van der Waals surface area contributed by atoms with Crippen LogP contribution in [0.1, 0.15) is 31.4 Å². The summed E-state index contributed by atoms with van der Waals surface area (Å²) in [6.45, 7) is 2.65. The highest BCUT2D eigenvalue weighted by Gasteiger charge is 2.48. The Morgan fingerprint density at radius 3 is 3.00 bits per heavy atom. The molecule has 1 saturated carbocycles. The monoisotopic (exact) mass is 299 g/mol. The van der Waals surface area contributed by atoms with Crippen molar-refractivity contribution >= 4 is 17.6 Å². The van der Waals surface area contributed by atoms with Crippen LogP contribution < -0.4 is 5.32 Å². The smallest absolute Gasteiger partial charge is 0.326 e. The van der Waals surface area contributed by atoms with Crippen LogP contribution in [-0.4, -0.2) is 35.4 Å². The van der Waals surface area contributed by atoms with Gasteiger partial charge in [-0.1, -0.05) is 18.0 Å². The fourth-order valence-electron chi connectivity index (χ4n) is 3.25. The molecule has 1 heterocycles. The van der Waals surface area contributed by atoms with Crippen molar-refractivity contribution in [3.05, 3.63) is 16.9 Å². The van der Waals surface area contributed by atoms with Gasteiger partial charge in [-0.3, -0.25) is 9.48 Å². The molecule has 6 heteroatoms. The lowest BCUT2D eigenvalue weighted by Gasteiger charge is -2.32. The van der Waals surface area contributed by atoms with E-state index in [2.05, 4.69) is 10.4 Å². The van der Waals surface area contributed by atoms with Gasteiger partial charge in [-0.2, -0.15) is 5.10 Å². The zero-order valence-corrected chi connectivity index (χ0v) is 13.0. The van der Waals surface area contributed by atoms with Gasteiger partial charge in [0, 0.05) is 12.7 Å². The van der Waals surface area contributed by atoms with Gasteiger partial charge in [0.25, 0.3) is 0 Å². The third-order valence-corrected chi connectivity index (χ3v) is 4.78. The first-order valence-corrected chi connectivity index (χ1v) is 7.38. The highest BCUT2D eigenvalue weighted by atomic mass is 35.5. The number of halogens is 1. The van der Waals surface area contributed by atoms with Gasteiger partial charge < -0.3 is 10.1 Å². The van der Waals surface area contributed by atoms with Crippen LogP contribution in [0, 0.1) is 12.8 Å². The average molecular weight is 300 g/mol. The molecule has 0 bridgehead atoms. The summed E-state index contributed by atoms with van der Waals surface area (Å²) in [6.07, 6.45) is 5.63. The maximum atomic E-state index is 12.1. The molecule has 2 rings (SSSR count). The Kier molecular flexibility index (Phi) is 4.70. The number of hydrogen-bond donors (Lipinski definition) is 1. The number of aryl methyl sites for hydroxylation is 2. The summed E-state index contributed by atoms with van der Waals surface area (Å²) < 4.78 is 6.84. The first-order valence-electron chi connectivity index (χ1n) is 7.00. The number of aromatic nitrogens is 2. The molecule has 1 N–H and O–H groups in total. The molecule has 1 aliphatic carbocycles. The van der Waals surface area contributed by atoms with Crippen molar-refractivity contribution in [3.8, 4) is 0 Å². The first kappa shape index (κ1) is 15.3. The van der Waals surface area contributed by atoms with Gasteiger partial charge in [-0.05, 0) is 39.2 Å². The number of nitrogens with one attached hydrogen (secondary N) is 1. The second-order valence-corrected chi connectivity index (χ2v) is 5.82. The van der Waals surface area contributed by atoms with E-state index in [0.29, 0.717) is 5.02 Å². The zero-order valence-electron chi connectivity index (χ0n) is 12.3. The molecule has 2 unspecified atom stereocenters. The zero-order chi connectivity index (χ0) is 14.8. The molecule has 0 saturated heterocycles. The van der Waals surface area contributed by atoms with E-state index < -0.39 is 5.54 Å². The summed E-state index contributed by atoms with van der Waals surface area (Å²) in [7, 11) is 3.29. The van der Waals surface area contributed by atoms with Crippen molar-refractivity contribution in [2.75, 3.05) is 14.2 Å². The predicted octanol–water partition coefficient (Wildman–Crippen LogP) is 2.17. The standard InChI is InChI=1S/C14H22ClN3O2/c1-10-12(15)9-18(17-10)8-6-11-5-4-7-14(11,16-2)13(19)20-3/h9,11,16H,4-8H2,1-3H3. The van der Waals surface area contributed by atoms with Crippen LogP contribution in [0.4, 0.5) is 0 Å². The van der Waals surface area contributed by atoms with E-state index in [1.165, 1.54) is 7.11 Å². The SMILES string of the molecule is CNC1(C(=O)OC)CCCC1CCn1cc(Cl)c(C)n1. The Balaban J connectivity index is 2.05. The maximum Gasteiger partial charge on any atom is 0.326 e. The fourth-order valence-corrected chi connectivity index (χ4v) is 3.40. The quantitative estimate of drug-likeness (QED) is 0.847. The minimum absolute atomic E-state index is 0.155. The number of rotatable bonds is 5. The molecular formula is C14H22ClN3O2. The van der Waals surface area contributed by atoms with Gasteiger partial charge in [0.05, 0.1) is 17.8 Å². The van der Waals surface area contributed by atoms with Crippen molar-refractivity contribution in [2.45, 2.75) is 44.7 Å². The summed E-state index contributed by atoms with van der Waals surface area (Å²) in [4.78, 5) is 12.1. The predicted molar refractivity (Wildman–Crippen MR) is 77.7 cm³/mol. The Morgan fingerprint density at radius 2 is 2.45 bits per heavy atom. The second-order valence-electron chi connectivity index (χ2n) is 5.42. The number of esters is 1. The lowest BCUT2D eigenvalue weighted by molar-refractivity contribution is -0.150. The molecule has 0 aromatic carbocycles. The van der Waals surface area contributed by atoms with E-state index in [4.69, 9.17) is 16.3 Å². The minimum Gasteiger partial charge on any atom is -0.468 e. The summed E-state index contributed by atoms with van der Waals surface area (Å²) in [5.74, 6) is 0.111. The molecule has 1 aromatic rings. The Morgan fingerprint density at radius 1 is 1.70 bits per heavy atom. The average Bonchev–Trinajstić information content (AvgIpc) is 3.00. The van der Waals surface area contributed by atoms with E-state index in [1.807, 2.05) is 24.9 Å². The highest BCUT2D eigenvalue weighted by Crippen LogP contribution is 2.39. The van der Waals surface area contributed by atoms with E-state index in [1.54, 1.807) is 0 Å². The van der Waals surface area contributed by atoms with Crippen LogP contribution in [0.15, 0.2) is 6.20 Å². The van der Waals surface area contributed by atoms with Gasteiger partial charge in [0.15, 0.2) is 0 Å². The number of carbonyl (C=O) groups excluding carboxylic acids is 1. The van der Waals surface area contributed by atoms with Crippen LogP contribution >= 0.6 is 11.6 Å². The summed E-state index contributed by atoms with van der Waals surface area (Å²) >= 11 is 6.01. The largest absolute Gasteiger partial charge is 0.468 e. The second kappa shape index (κ2) is 6.14. The molecule has 112 valence electrons. The Bertz CT molecular complexity index is 469. The van der Waals surface area contributed by atoms with Crippen LogP contribution in [0.25, 0.3) is 0 Å². The Hall–Kier alpha value is -1.07. The first-order chi connectivity index (χ1) is 9.53. The minimum atomic E-state index is -0.541. The van der Waals surface area contributed by atoms with Gasteiger partial charge in [-0.25, -0.2) is 0 Å². The van der Waals surface area contributed by atoms with Crippen molar-refractivity contribution in [1.82, 2.24) is 15.1 Å². The molecule has 0 aliphatic heterocycles. The summed E-state index contributed by atoms with van der Waals surface area (Å²) in [5.41, 5.74) is 0.298. The van der Waals surface area contributed by atoms with Crippen molar-refractivity contribution in [2.24, 2.45) is 5.92 Å². The molecule has 1 aromatic heterocycles. The number of methoxy groups -OCH3 is 1. The maximum absolute atomic E-state index is 12.1. The van der Waals surface area contributed by atoms with Gasteiger partial charge in [-0.15, -0.1) is 0 Å². The number of ether oxygens (including phenoxy) is 1. The molecule has 1 aliphatic rings. The third-order valence-electron chi connectivity index (χ3n) is 4.41. The number of likely N-dealkylation sites (N-methyl/N-ethyl adjacent to an activating group) is 1. The number of carbonyl (C=O) groups is 1.